The summed E-state index contributed by atoms with van der Waals surface area (Å²) < 4.78 is 5.52. The predicted octanol–water partition coefficient (Wildman–Crippen LogP) is 1.82. The number of nitrogens with one attached hydrogen (secondary N) is 1. The van der Waals surface area contributed by atoms with Gasteiger partial charge in [0, 0.05) is 6.54 Å². The number of ether oxygens (including phenoxy) is 1. The Morgan fingerprint density at radius 2 is 2.00 bits per heavy atom. The SMILES string of the molecule is CC(O)CCCNCCOc1ccccc1. The fourth-order valence-corrected chi connectivity index (χ4v) is 1.41. The van der Waals surface area contributed by atoms with Crippen molar-refractivity contribution in [2.24, 2.45) is 0 Å². The van der Waals surface area contributed by atoms with Crippen molar-refractivity contribution in [3.8, 4) is 5.75 Å². The Hall–Kier alpha value is -1.06. The van der Waals surface area contributed by atoms with Crippen LogP contribution in [0.2, 0.25) is 0 Å². The maximum atomic E-state index is 9.05. The predicted molar refractivity (Wildman–Crippen MR) is 65.7 cm³/mol. The zero-order chi connectivity index (χ0) is 11.6. The molecule has 3 nitrogen and oxygen atoms in total. The summed E-state index contributed by atoms with van der Waals surface area (Å²) in [7, 11) is 0. The smallest absolute Gasteiger partial charge is 0.119 e. The first kappa shape index (κ1) is 13.0. The normalized spacial score (nSPS) is 12.4. The van der Waals surface area contributed by atoms with Crippen LogP contribution in [0.3, 0.4) is 0 Å². The maximum Gasteiger partial charge on any atom is 0.119 e. The Morgan fingerprint density at radius 3 is 2.69 bits per heavy atom. The summed E-state index contributed by atoms with van der Waals surface area (Å²) in [6.45, 7) is 4.27. The molecule has 0 bridgehead atoms. The molecule has 1 atom stereocenters. The van der Waals surface area contributed by atoms with Gasteiger partial charge in [0.2, 0.25) is 0 Å². The van der Waals surface area contributed by atoms with E-state index in [1.54, 1.807) is 0 Å². The molecule has 1 aromatic carbocycles. The highest BCUT2D eigenvalue weighted by Gasteiger charge is 1.95. The summed E-state index contributed by atoms with van der Waals surface area (Å²) in [6, 6.07) is 9.80. The van der Waals surface area contributed by atoms with Crippen molar-refractivity contribution in [2.45, 2.75) is 25.9 Å². The molecule has 0 spiro atoms. The molecule has 0 radical (unpaired) electrons. The molecule has 1 unspecified atom stereocenters. The lowest BCUT2D eigenvalue weighted by Crippen LogP contribution is -2.22. The third-order valence-corrected chi connectivity index (χ3v) is 2.27. The zero-order valence-corrected chi connectivity index (χ0v) is 9.86. The highest BCUT2D eigenvalue weighted by atomic mass is 16.5. The molecule has 0 heterocycles. The molecule has 0 amide bonds. The van der Waals surface area contributed by atoms with Gasteiger partial charge >= 0.3 is 0 Å². The van der Waals surface area contributed by atoms with Crippen LogP contribution in [-0.4, -0.2) is 30.9 Å². The van der Waals surface area contributed by atoms with Gasteiger partial charge in [0.25, 0.3) is 0 Å². The average molecular weight is 223 g/mol. The van der Waals surface area contributed by atoms with Crippen molar-refractivity contribution < 1.29 is 9.84 Å². The lowest BCUT2D eigenvalue weighted by atomic mass is 10.2. The Morgan fingerprint density at radius 1 is 1.25 bits per heavy atom. The molecule has 90 valence electrons. The number of hydrogen-bond donors (Lipinski definition) is 2. The molecule has 1 aromatic rings. The molecule has 0 aliphatic heterocycles. The second-order valence-corrected chi connectivity index (χ2v) is 3.90. The van der Waals surface area contributed by atoms with Crippen LogP contribution in [0.25, 0.3) is 0 Å². The van der Waals surface area contributed by atoms with Crippen molar-refractivity contribution in [3.63, 3.8) is 0 Å². The van der Waals surface area contributed by atoms with Crippen LogP contribution in [0.1, 0.15) is 19.8 Å². The lowest BCUT2D eigenvalue weighted by molar-refractivity contribution is 0.181. The third-order valence-electron chi connectivity index (χ3n) is 2.27. The van der Waals surface area contributed by atoms with E-state index in [-0.39, 0.29) is 6.10 Å². The Labute approximate surface area is 97.4 Å². The van der Waals surface area contributed by atoms with Crippen LogP contribution in [0.4, 0.5) is 0 Å². The van der Waals surface area contributed by atoms with Crippen molar-refractivity contribution >= 4 is 0 Å². The Kier molecular flexibility index (Phi) is 6.61. The number of aliphatic hydroxyl groups excluding tert-OH is 1. The molecule has 0 aromatic heterocycles. The topological polar surface area (TPSA) is 41.5 Å². The average Bonchev–Trinajstić information content (AvgIpc) is 2.29. The molecule has 0 saturated carbocycles. The summed E-state index contributed by atoms with van der Waals surface area (Å²) in [5.41, 5.74) is 0. The van der Waals surface area contributed by atoms with Crippen molar-refractivity contribution in [1.82, 2.24) is 5.32 Å². The van der Waals surface area contributed by atoms with Gasteiger partial charge in [0.1, 0.15) is 12.4 Å². The van der Waals surface area contributed by atoms with E-state index in [9.17, 15) is 0 Å². The van der Waals surface area contributed by atoms with Crippen molar-refractivity contribution in [3.05, 3.63) is 30.3 Å². The molecule has 2 N–H and O–H groups in total. The quantitative estimate of drug-likeness (QED) is 0.660. The number of hydrogen-bond acceptors (Lipinski definition) is 3. The Balaban J connectivity index is 1.93. The van der Waals surface area contributed by atoms with Gasteiger partial charge < -0.3 is 15.2 Å². The lowest BCUT2D eigenvalue weighted by Gasteiger charge is -2.08. The molecule has 0 saturated heterocycles. The summed E-state index contributed by atoms with van der Waals surface area (Å²) in [4.78, 5) is 0. The van der Waals surface area contributed by atoms with E-state index in [0.717, 1.165) is 31.7 Å². The van der Waals surface area contributed by atoms with Gasteiger partial charge in [-0.15, -0.1) is 0 Å². The number of rotatable bonds is 8. The van der Waals surface area contributed by atoms with E-state index in [4.69, 9.17) is 9.84 Å². The van der Waals surface area contributed by atoms with E-state index in [2.05, 4.69) is 5.32 Å². The van der Waals surface area contributed by atoms with E-state index in [1.807, 2.05) is 37.3 Å². The number of aliphatic hydroxyl groups is 1. The minimum absolute atomic E-state index is 0.192. The van der Waals surface area contributed by atoms with Crippen LogP contribution in [-0.2, 0) is 0 Å². The number of para-hydroxylation sites is 1. The third kappa shape index (κ3) is 6.43. The molecular weight excluding hydrogens is 202 g/mol. The van der Waals surface area contributed by atoms with Gasteiger partial charge in [0.05, 0.1) is 6.10 Å². The highest BCUT2D eigenvalue weighted by Crippen LogP contribution is 2.07. The van der Waals surface area contributed by atoms with Crippen molar-refractivity contribution in [2.75, 3.05) is 19.7 Å². The Bertz CT molecular complexity index is 262. The largest absolute Gasteiger partial charge is 0.492 e. The summed E-state index contributed by atoms with van der Waals surface area (Å²) >= 11 is 0. The zero-order valence-electron chi connectivity index (χ0n) is 9.86. The van der Waals surface area contributed by atoms with Crippen LogP contribution < -0.4 is 10.1 Å². The monoisotopic (exact) mass is 223 g/mol. The fraction of sp³-hybridized carbons (Fsp3) is 0.538. The molecule has 1 rings (SSSR count). The summed E-state index contributed by atoms with van der Waals surface area (Å²) in [5.74, 6) is 0.910. The first-order valence-corrected chi connectivity index (χ1v) is 5.85. The fourth-order valence-electron chi connectivity index (χ4n) is 1.41. The van der Waals surface area contributed by atoms with E-state index in [1.165, 1.54) is 0 Å². The molecule has 0 fully saturated rings. The standard InChI is InChI=1S/C13H21NO2/c1-12(15)6-5-9-14-10-11-16-13-7-3-2-4-8-13/h2-4,7-8,12,14-15H,5-6,9-11H2,1H3. The minimum Gasteiger partial charge on any atom is -0.492 e. The highest BCUT2D eigenvalue weighted by molar-refractivity contribution is 5.20. The first-order chi connectivity index (χ1) is 7.79. The second kappa shape index (κ2) is 8.13. The van der Waals surface area contributed by atoms with E-state index < -0.39 is 0 Å². The van der Waals surface area contributed by atoms with Gasteiger partial charge in [-0.2, -0.15) is 0 Å². The van der Waals surface area contributed by atoms with Gasteiger partial charge in [-0.3, -0.25) is 0 Å². The van der Waals surface area contributed by atoms with Crippen LogP contribution in [0.15, 0.2) is 30.3 Å². The van der Waals surface area contributed by atoms with Gasteiger partial charge in [-0.1, -0.05) is 18.2 Å². The van der Waals surface area contributed by atoms with E-state index >= 15 is 0 Å². The molecule has 0 aliphatic rings. The number of benzene rings is 1. The minimum atomic E-state index is -0.192. The van der Waals surface area contributed by atoms with E-state index in [0.29, 0.717) is 6.61 Å². The van der Waals surface area contributed by atoms with Crippen molar-refractivity contribution in [1.29, 1.82) is 0 Å². The van der Waals surface area contributed by atoms with Crippen LogP contribution in [0, 0.1) is 0 Å². The van der Waals surface area contributed by atoms with Crippen LogP contribution in [0.5, 0.6) is 5.75 Å². The molecule has 3 heteroatoms. The van der Waals surface area contributed by atoms with Gasteiger partial charge in [0.15, 0.2) is 0 Å². The van der Waals surface area contributed by atoms with Gasteiger partial charge in [-0.25, -0.2) is 0 Å². The molecular formula is C13H21NO2. The second-order valence-electron chi connectivity index (χ2n) is 3.90. The first-order valence-electron chi connectivity index (χ1n) is 5.85. The summed E-state index contributed by atoms with van der Waals surface area (Å²) in [6.07, 6.45) is 1.66. The molecule has 16 heavy (non-hydrogen) atoms. The van der Waals surface area contributed by atoms with Gasteiger partial charge in [-0.05, 0) is 38.4 Å². The molecule has 0 aliphatic carbocycles. The summed E-state index contributed by atoms with van der Waals surface area (Å²) in [5, 5.41) is 12.3. The van der Waals surface area contributed by atoms with Crippen LogP contribution >= 0.6 is 0 Å². The maximum absolute atomic E-state index is 9.05.